The van der Waals surface area contributed by atoms with Crippen molar-refractivity contribution >= 4 is 10.1 Å². The molecule has 0 aliphatic rings. The van der Waals surface area contributed by atoms with E-state index in [2.05, 4.69) is 43.3 Å². The molecule has 0 aliphatic carbocycles. The van der Waals surface area contributed by atoms with Gasteiger partial charge in [0.05, 0.1) is 12.0 Å². The van der Waals surface area contributed by atoms with Gasteiger partial charge in [-0.3, -0.25) is 4.55 Å². The minimum Gasteiger partial charge on any atom is -0.496 e. The van der Waals surface area contributed by atoms with Crippen molar-refractivity contribution < 1.29 is 17.7 Å². The predicted molar refractivity (Wildman–Crippen MR) is 115 cm³/mol. The molecule has 0 saturated carbocycles. The third-order valence-corrected chi connectivity index (χ3v) is 6.01. The first-order valence-corrected chi connectivity index (χ1v) is 11.1. The lowest BCUT2D eigenvalue weighted by Crippen LogP contribution is -2.05. The Labute approximate surface area is 172 Å². The van der Waals surface area contributed by atoms with E-state index in [1.54, 1.807) is 19.2 Å². The molecule has 3 aromatic rings. The monoisotopic (exact) mass is 410 g/mol. The van der Waals surface area contributed by atoms with Crippen molar-refractivity contribution in [3.05, 3.63) is 95.1 Å². The zero-order chi connectivity index (χ0) is 20.9. The molecule has 0 spiro atoms. The third kappa shape index (κ3) is 5.46. The van der Waals surface area contributed by atoms with E-state index in [4.69, 9.17) is 9.29 Å². The van der Waals surface area contributed by atoms with Crippen LogP contribution in [0.25, 0.3) is 0 Å². The molecule has 4 nitrogen and oxygen atoms in total. The Bertz CT molecular complexity index is 1040. The van der Waals surface area contributed by atoms with Crippen LogP contribution in [0.15, 0.2) is 77.7 Å². The molecular weight excluding hydrogens is 384 g/mol. The molecule has 0 heterocycles. The Balaban J connectivity index is 1.79. The van der Waals surface area contributed by atoms with Gasteiger partial charge in [0.15, 0.2) is 0 Å². The summed E-state index contributed by atoms with van der Waals surface area (Å²) in [6.45, 7) is 2.09. The highest BCUT2D eigenvalue weighted by Gasteiger charge is 2.18. The molecule has 152 valence electrons. The standard InChI is InChI=1S/C24H26O4S/c1-18-11-16-24(28-2)23(17-18)22(20-8-4-3-5-9-20)10-6-7-19-12-14-21(15-13-19)29(25,26)27/h3-5,8-9,11-17,22H,6-7,10H2,1-2H3,(H,25,26,27). The lowest BCUT2D eigenvalue weighted by molar-refractivity contribution is 0.406. The Hall–Kier alpha value is -2.63. The maximum atomic E-state index is 11.2. The van der Waals surface area contributed by atoms with Gasteiger partial charge in [0.2, 0.25) is 0 Å². The summed E-state index contributed by atoms with van der Waals surface area (Å²) in [6.07, 6.45) is 2.69. The molecule has 29 heavy (non-hydrogen) atoms. The van der Waals surface area contributed by atoms with Gasteiger partial charge in [0.1, 0.15) is 5.75 Å². The molecule has 0 radical (unpaired) electrons. The van der Waals surface area contributed by atoms with Gasteiger partial charge in [-0.05, 0) is 55.5 Å². The SMILES string of the molecule is COc1ccc(C)cc1C(CCCc1ccc(S(=O)(=O)O)cc1)c1ccccc1. The van der Waals surface area contributed by atoms with Crippen LogP contribution in [0.3, 0.4) is 0 Å². The summed E-state index contributed by atoms with van der Waals surface area (Å²) in [5.74, 6) is 1.10. The number of ether oxygens (including phenoxy) is 1. The second-order valence-corrected chi connectivity index (χ2v) is 8.64. The normalized spacial score (nSPS) is 12.5. The average Bonchev–Trinajstić information content (AvgIpc) is 2.71. The Morgan fingerprint density at radius 3 is 2.28 bits per heavy atom. The third-order valence-electron chi connectivity index (χ3n) is 5.14. The lowest BCUT2D eigenvalue weighted by atomic mass is 9.85. The summed E-state index contributed by atoms with van der Waals surface area (Å²) in [4.78, 5) is -0.0760. The van der Waals surface area contributed by atoms with E-state index in [9.17, 15) is 8.42 Å². The van der Waals surface area contributed by atoms with E-state index in [0.717, 1.165) is 30.6 Å². The van der Waals surface area contributed by atoms with Gasteiger partial charge in [-0.1, -0.05) is 60.2 Å². The van der Waals surface area contributed by atoms with Crippen molar-refractivity contribution in [2.45, 2.75) is 37.0 Å². The first-order valence-electron chi connectivity index (χ1n) is 9.64. The van der Waals surface area contributed by atoms with Crippen LogP contribution >= 0.6 is 0 Å². The number of methoxy groups -OCH3 is 1. The maximum absolute atomic E-state index is 11.2. The summed E-state index contributed by atoms with van der Waals surface area (Å²) < 4.78 is 37.1. The molecule has 3 rings (SSSR count). The molecule has 1 unspecified atom stereocenters. The van der Waals surface area contributed by atoms with Crippen LogP contribution < -0.4 is 4.74 Å². The average molecular weight is 411 g/mol. The number of rotatable bonds is 8. The van der Waals surface area contributed by atoms with Crippen molar-refractivity contribution in [3.8, 4) is 5.75 Å². The van der Waals surface area contributed by atoms with Crippen molar-refractivity contribution in [2.24, 2.45) is 0 Å². The van der Waals surface area contributed by atoms with Crippen molar-refractivity contribution in [1.29, 1.82) is 0 Å². The summed E-state index contributed by atoms with van der Waals surface area (Å²) in [6, 6.07) is 23.1. The first kappa shape index (κ1) is 21.1. The van der Waals surface area contributed by atoms with Gasteiger partial charge in [-0.2, -0.15) is 8.42 Å². The van der Waals surface area contributed by atoms with Gasteiger partial charge in [0.25, 0.3) is 10.1 Å². The second kappa shape index (κ2) is 9.25. The zero-order valence-corrected chi connectivity index (χ0v) is 17.5. The quantitative estimate of drug-likeness (QED) is 0.505. The molecule has 3 aromatic carbocycles. The van der Waals surface area contributed by atoms with Crippen LogP contribution in [0.4, 0.5) is 0 Å². The highest BCUT2D eigenvalue weighted by Crippen LogP contribution is 2.36. The Morgan fingerprint density at radius 2 is 1.66 bits per heavy atom. The minimum absolute atomic E-state index is 0.0760. The van der Waals surface area contributed by atoms with E-state index < -0.39 is 10.1 Å². The minimum atomic E-state index is -4.15. The van der Waals surface area contributed by atoms with Crippen molar-refractivity contribution in [1.82, 2.24) is 0 Å². The Morgan fingerprint density at radius 1 is 0.966 bits per heavy atom. The molecule has 0 aliphatic heterocycles. The number of aryl methyl sites for hydroxylation is 2. The number of benzene rings is 3. The molecule has 1 N–H and O–H groups in total. The van der Waals surface area contributed by atoms with E-state index in [-0.39, 0.29) is 10.8 Å². The van der Waals surface area contributed by atoms with Gasteiger partial charge >= 0.3 is 0 Å². The van der Waals surface area contributed by atoms with E-state index >= 15 is 0 Å². The smallest absolute Gasteiger partial charge is 0.294 e. The van der Waals surface area contributed by atoms with Crippen LogP contribution in [0, 0.1) is 6.92 Å². The molecule has 0 bridgehead atoms. The zero-order valence-electron chi connectivity index (χ0n) is 16.7. The second-order valence-electron chi connectivity index (χ2n) is 7.22. The lowest BCUT2D eigenvalue weighted by Gasteiger charge is -2.21. The molecule has 0 aromatic heterocycles. The van der Waals surface area contributed by atoms with Gasteiger partial charge < -0.3 is 4.74 Å². The van der Waals surface area contributed by atoms with Crippen LogP contribution in [0.2, 0.25) is 0 Å². The van der Waals surface area contributed by atoms with E-state index in [1.807, 2.05) is 12.1 Å². The molecule has 0 saturated heterocycles. The van der Waals surface area contributed by atoms with E-state index in [0.29, 0.717) is 0 Å². The molecule has 1 atom stereocenters. The van der Waals surface area contributed by atoms with Crippen LogP contribution in [0.1, 0.15) is 41.0 Å². The fourth-order valence-electron chi connectivity index (χ4n) is 3.65. The number of hydrogen-bond acceptors (Lipinski definition) is 3. The molecular formula is C24H26O4S. The fourth-order valence-corrected chi connectivity index (χ4v) is 4.13. The van der Waals surface area contributed by atoms with Crippen LogP contribution in [-0.4, -0.2) is 20.1 Å². The van der Waals surface area contributed by atoms with Crippen LogP contribution in [-0.2, 0) is 16.5 Å². The van der Waals surface area contributed by atoms with Crippen molar-refractivity contribution in [2.75, 3.05) is 7.11 Å². The van der Waals surface area contributed by atoms with Crippen molar-refractivity contribution in [3.63, 3.8) is 0 Å². The molecule has 0 fully saturated rings. The Kier molecular flexibility index (Phi) is 6.72. The highest BCUT2D eigenvalue weighted by atomic mass is 32.2. The number of hydrogen-bond donors (Lipinski definition) is 1. The van der Waals surface area contributed by atoms with Gasteiger partial charge in [0, 0.05) is 11.5 Å². The molecule has 0 amide bonds. The largest absolute Gasteiger partial charge is 0.496 e. The summed E-state index contributed by atoms with van der Waals surface area (Å²) in [7, 11) is -2.45. The summed E-state index contributed by atoms with van der Waals surface area (Å²) in [5.41, 5.74) is 4.67. The van der Waals surface area contributed by atoms with E-state index in [1.165, 1.54) is 28.8 Å². The molecule has 5 heteroatoms. The topological polar surface area (TPSA) is 63.6 Å². The van der Waals surface area contributed by atoms with Crippen LogP contribution in [0.5, 0.6) is 5.75 Å². The first-order chi connectivity index (χ1) is 13.9. The maximum Gasteiger partial charge on any atom is 0.294 e. The predicted octanol–water partition coefficient (Wildman–Crippen LogP) is 5.41. The highest BCUT2D eigenvalue weighted by molar-refractivity contribution is 7.85. The van der Waals surface area contributed by atoms with Gasteiger partial charge in [-0.25, -0.2) is 0 Å². The van der Waals surface area contributed by atoms with Gasteiger partial charge in [-0.15, -0.1) is 0 Å². The summed E-state index contributed by atoms with van der Waals surface area (Å²) in [5, 5.41) is 0. The fraction of sp³-hybridized carbons (Fsp3) is 0.250. The summed E-state index contributed by atoms with van der Waals surface area (Å²) >= 11 is 0.